The van der Waals surface area contributed by atoms with Crippen molar-refractivity contribution in [3.05, 3.63) is 34.6 Å². The average Bonchev–Trinajstić information content (AvgIpc) is 2.77. The molecule has 0 bridgehead atoms. The van der Waals surface area contributed by atoms with Crippen molar-refractivity contribution in [3.8, 4) is 0 Å². The van der Waals surface area contributed by atoms with Crippen LogP contribution in [-0.2, 0) is 4.79 Å². The minimum Gasteiger partial charge on any atom is -0.323 e. The summed E-state index contributed by atoms with van der Waals surface area (Å²) in [5.41, 5.74) is 0.464. The lowest BCUT2D eigenvalue weighted by molar-refractivity contribution is -0.116. The van der Waals surface area contributed by atoms with Crippen LogP contribution in [0, 0.1) is 5.92 Å². The van der Waals surface area contributed by atoms with Gasteiger partial charge in [-0.25, -0.2) is 0 Å². The van der Waals surface area contributed by atoms with Crippen LogP contribution in [0.3, 0.4) is 0 Å². The third-order valence-corrected chi connectivity index (χ3v) is 3.46. The topological polar surface area (TPSA) is 42.0 Å². The normalized spacial score (nSPS) is 18.4. The second kappa shape index (κ2) is 5.52. The van der Waals surface area contributed by atoms with Gasteiger partial charge < -0.3 is 5.32 Å². The number of nitrogens with one attached hydrogen (secondary N) is 1. The molecule has 1 aromatic rings. The molecule has 1 atom stereocenters. The number of amides is 1. The monoisotopic (exact) mass is 270 g/mol. The standard InChI is InChI=1S/C12H12Cl2N2O/c13-9-6-15-7-10(12(9)14)16-11(17)5-8-3-1-2-4-8/h1,3,6-8H,2,4-5H2,(H,16,17)/t8-/m0/s1. The lowest BCUT2D eigenvalue weighted by Crippen LogP contribution is -2.15. The summed E-state index contributed by atoms with van der Waals surface area (Å²) in [6, 6.07) is 0. The number of rotatable bonds is 3. The van der Waals surface area contributed by atoms with Gasteiger partial charge in [0.25, 0.3) is 0 Å². The van der Waals surface area contributed by atoms with Crippen molar-refractivity contribution in [2.45, 2.75) is 19.3 Å². The first-order valence-electron chi connectivity index (χ1n) is 5.42. The summed E-state index contributed by atoms with van der Waals surface area (Å²) in [5, 5.41) is 3.39. The van der Waals surface area contributed by atoms with Crippen molar-refractivity contribution in [2.75, 3.05) is 5.32 Å². The Morgan fingerprint density at radius 2 is 2.29 bits per heavy atom. The zero-order valence-electron chi connectivity index (χ0n) is 9.12. The van der Waals surface area contributed by atoms with E-state index in [0.717, 1.165) is 12.8 Å². The number of hydrogen-bond donors (Lipinski definition) is 1. The molecule has 0 saturated heterocycles. The zero-order chi connectivity index (χ0) is 12.3. The van der Waals surface area contributed by atoms with Gasteiger partial charge in [-0.15, -0.1) is 0 Å². The number of carbonyl (C=O) groups excluding carboxylic acids is 1. The van der Waals surface area contributed by atoms with Crippen molar-refractivity contribution in [3.63, 3.8) is 0 Å². The molecule has 3 nitrogen and oxygen atoms in total. The van der Waals surface area contributed by atoms with Crippen molar-refractivity contribution in [2.24, 2.45) is 5.92 Å². The number of aromatic nitrogens is 1. The molecule has 1 heterocycles. The molecule has 0 aromatic carbocycles. The van der Waals surface area contributed by atoms with Crippen LogP contribution in [-0.4, -0.2) is 10.9 Å². The van der Waals surface area contributed by atoms with Crippen LogP contribution in [0.5, 0.6) is 0 Å². The van der Waals surface area contributed by atoms with E-state index in [1.165, 1.54) is 12.4 Å². The summed E-state index contributed by atoms with van der Waals surface area (Å²) in [4.78, 5) is 15.6. The van der Waals surface area contributed by atoms with Crippen LogP contribution < -0.4 is 5.32 Å². The largest absolute Gasteiger partial charge is 0.323 e. The van der Waals surface area contributed by atoms with Crippen molar-refractivity contribution in [1.29, 1.82) is 0 Å². The second-order valence-electron chi connectivity index (χ2n) is 4.00. The Kier molecular flexibility index (Phi) is 4.02. The van der Waals surface area contributed by atoms with Crippen molar-refractivity contribution < 1.29 is 4.79 Å². The van der Waals surface area contributed by atoms with Crippen LogP contribution >= 0.6 is 23.2 Å². The van der Waals surface area contributed by atoms with Gasteiger partial charge in [-0.2, -0.15) is 0 Å². The van der Waals surface area contributed by atoms with Gasteiger partial charge in [0.2, 0.25) is 5.91 Å². The van der Waals surface area contributed by atoms with Gasteiger partial charge in [0, 0.05) is 12.6 Å². The summed E-state index contributed by atoms with van der Waals surface area (Å²) >= 11 is 11.8. The number of halogens is 2. The summed E-state index contributed by atoms with van der Waals surface area (Å²) in [6.07, 6.45) is 9.69. The van der Waals surface area contributed by atoms with E-state index in [0.29, 0.717) is 28.1 Å². The van der Waals surface area contributed by atoms with E-state index in [1.807, 2.05) is 0 Å². The SMILES string of the molecule is O=C(C[C@H]1C=CCC1)Nc1cncc(Cl)c1Cl. The Morgan fingerprint density at radius 1 is 1.47 bits per heavy atom. The molecular weight excluding hydrogens is 259 g/mol. The van der Waals surface area contributed by atoms with Crippen LogP contribution in [0.15, 0.2) is 24.5 Å². The summed E-state index contributed by atoms with van der Waals surface area (Å²) in [5.74, 6) is 0.272. The number of hydrogen-bond acceptors (Lipinski definition) is 2. The maximum atomic E-state index is 11.8. The Hall–Kier alpha value is -1.06. The van der Waals surface area contributed by atoms with Gasteiger partial charge in [-0.05, 0) is 18.8 Å². The molecule has 1 N–H and O–H groups in total. The number of carbonyl (C=O) groups is 1. The molecule has 0 radical (unpaired) electrons. The van der Waals surface area contributed by atoms with Gasteiger partial charge >= 0.3 is 0 Å². The lowest BCUT2D eigenvalue weighted by Gasteiger charge is -2.10. The van der Waals surface area contributed by atoms with E-state index < -0.39 is 0 Å². The average molecular weight is 271 g/mol. The fraction of sp³-hybridized carbons (Fsp3) is 0.333. The van der Waals surface area contributed by atoms with Gasteiger partial charge in [-0.3, -0.25) is 9.78 Å². The van der Waals surface area contributed by atoms with Crippen LogP contribution in [0.1, 0.15) is 19.3 Å². The fourth-order valence-electron chi connectivity index (χ4n) is 1.81. The third kappa shape index (κ3) is 3.20. The molecule has 1 aliphatic rings. The minimum atomic E-state index is -0.0625. The van der Waals surface area contributed by atoms with Crippen LogP contribution in [0.25, 0.3) is 0 Å². The maximum absolute atomic E-state index is 11.8. The Morgan fingerprint density at radius 3 is 3.00 bits per heavy atom. The number of anilines is 1. The van der Waals surface area contributed by atoms with E-state index in [4.69, 9.17) is 23.2 Å². The molecule has 0 aliphatic heterocycles. The highest BCUT2D eigenvalue weighted by molar-refractivity contribution is 6.43. The minimum absolute atomic E-state index is 0.0625. The molecule has 0 fully saturated rings. The second-order valence-corrected chi connectivity index (χ2v) is 4.79. The van der Waals surface area contributed by atoms with E-state index in [9.17, 15) is 4.79 Å². The summed E-state index contributed by atoms with van der Waals surface area (Å²) < 4.78 is 0. The van der Waals surface area contributed by atoms with E-state index in [1.54, 1.807) is 0 Å². The highest BCUT2D eigenvalue weighted by Gasteiger charge is 2.15. The Labute approximate surface area is 110 Å². The van der Waals surface area contributed by atoms with Crippen LogP contribution in [0.2, 0.25) is 10.0 Å². The van der Waals surface area contributed by atoms with Gasteiger partial charge in [0.1, 0.15) is 0 Å². The molecule has 5 heteroatoms. The molecule has 90 valence electrons. The highest BCUT2D eigenvalue weighted by Crippen LogP contribution is 2.29. The van der Waals surface area contributed by atoms with E-state index >= 15 is 0 Å². The Bertz CT molecular complexity index is 460. The first-order valence-corrected chi connectivity index (χ1v) is 6.18. The zero-order valence-corrected chi connectivity index (χ0v) is 10.6. The molecule has 1 amide bonds. The fourth-order valence-corrected chi connectivity index (χ4v) is 2.11. The van der Waals surface area contributed by atoms with Crippen LogP contribution in [0.4, 0.5) is 5.69 Å². The molecule has 17 heavy (non-hydrogen) atoms. The molecule has 2 rings (SSSR count). The number of pyridine rings is 1. The van der Waals surface area contributed by atoms with Gasteiger partial charge in [-0.1, -0.05) is 35.4 Å². The number of nitrogens with zero attached hydrogens (tertiary/aromatic N) is 1. The predicted molar refractivity (Wildman–Crippen MR) is 69.4 cm³/mol. The third-order valence-electron chi connectivity index (χ3n) is 2.67. The molecule has 0 spiro atoms. The maximum Gasteiger partial charge on any atom is 0.225 e. The first-order chi connectivity index (χ1) is 8.16. The van der Waals surface area contributed by atoms with E-state index in [2.05, 4.69) is 22.5 Å². The summed E-state index contributed by atoms with van der Waals surface area (Å²) in [6.45, 7) is 0. The predicted octanol–water partition coefficient (Wildman–Crippen LogP) is 3.68. The molecule has 1 aliphatic carbocycles. The molecular formula is C12H12Cl2N2O. The molecule has 0 unspecified atom stereocenters. The number of allylic oxidation sites excluding steroid dienone is 2. The van der Waals surface area contributed by atoms with Gasteiger partial charge in [0.05, 0.1) is 21.9 Å². The van der Waals surface area contributed by atoms with E-state index in [-0.39, 0.29) is 5.91 Å². The quantitative estimate of drug-likeness (QED) is 0.852. The van der Waals surface area contributed by atoms with Crippen molar-refractivity contribution >= 4 is 34.8 Å². The highest BCUT2D eigenvalue weighted by atomic mass is 35.5. The molecule has 1 aromatic heterocycles. The molecule has 0 saturated carbocycles. The van der Waals surface area contributed by atoms with Crippen molar-refractivity contribution in [1.82, 2.24) is 4.98 Å². The smallest absolute Gasteiger partial charge is 0.225 e. The lowest BCUT2D eigenvalue weighted by atomic mass is 10.1. The first kappa shape index (κ1) is 12.4. The van der Waals surface area contributed by atoms with Gasteiger partial charge in [0.15, 0.2) is 0 Å². The summed E-state index contributed by atoms with van der Waals surface area (Å²) in [7, 11) is 0. The Balaban J connectivity index is 1.98.